The van der Waals surface area contributed by atoms with Crippen LogP contribution in [0.2, 0.25) is 0 Å². The molecule has 1 aliphatic rings. The van der Waals surface area contributed by atoms with E-state index in [1.165, 1.54) is 0 Å². The Labute approximate surface area is 71.9 Å². The molecule has 0 aromatic heterocycles. The topological polar surface area (TPSA) is 64.9 Å². The van der Waals surface area contributed by atoms with Gasteiger partial charge in [0.25, 0.3) is 0 Å². The zero-order chi connectivity index (χ0) is 8.81. The number of unbranched alkanes of at least 4 members (excludes halogenated alkanes) is 1. The van der Waals surface area contributed by atoms with Crippen molar-refractivity contribution in [3.8, 4) is 6.07 Å². The van der Waals surface area contributed by atoms with Crippen LogP contribution in [0.5, 0.6) is 0 Å². The lowest BCUT2D eigenvalue weighted by Gasteiger charge is -2.07. The van der Waals surface area contributed by atoms with Crippen LogP contribution < -0.4 is 10.6 Å². The number of nitriles is 1. The second-order valence-corrected chi connectivity index (χ2v) is 2.92. The van der Waals surface area contributed by atoms with Gasteiger partial charge in [-0.25, -0.2) is 0 Å². The number of nitrogens with one attached hydrogen (secondary N) is 2. The number of amides is 1. The van der Waals surface area contributed by atoms with Gasteiger partial charge < -0.3 is 10.6 Å². The van der Waals surface area contributed by atoms with Crippen molar-refractivity contribution in [3.05, 3.63) is 0 Å². The third-order valence-electron chi connectivity index (χ3n) is 1.88. The summed E-state index contributed by atoms with van der Waals surface area (Å²) in [5.41, 5.74) is 0. The number of nitrogens with zero attached hydrogens (tertiary/aromatic N) is 1. The molecule has 1 rings (SSSR count). The van der Waals surface area contributed by atoms with E-state index in [1.54, 1.807) is 0 Å². The summed E-state index contributed by atoms with van der Waals surface area (Å²) in [5, 5.41) is 14.2. The van der Waals surface area contributed by atoms with E-state index < -0.39 is 0 Å². The van der Waals surface area contributed by atoms with Gasteiger partial charge in [-0.05, 0) is 13.0 Å². The summed E-state index contributed by atoms with van der Waals surface area (Å²) in [4.78, 5) is 10.7. The van der Waals surface area contributed by atoms with Gasteiger partial charge in [0.05, 0.1) is 6.07 Å². The van der Waals surface area contributed by atoms with Crippen molar-refractivity contribution in [2.75, 3.05) is 13.1 Å². The molecular weight excluding hydrogens is 154 g/mol. The van der Waals surface area contributed by atoms with Gasteiger partial charge in [0.1, 0.15) is 0 Å². The lowest BCUT2D eigenvalue weighted by molar-refractivity contribution is -0.119. The van der Waals surface area contributed by atoms with Crippen molar-refractivity contribution in [3.63, 3.8) is 0 Å². The summed E-state index contributed by atoms with van der Waals surface area (Å²) in [6.07, 6.45) is 2.02. The van der Waals surface area contributed by atoms with E-state index in [-0.39, 0.29) is 11.9 Å². The van der Waals surface area contributed by atoms with Gasteiger partial charge in [0, 0.05) is 25.4 Å². The molecule has 0 aliphatic carbocycles. The van der Waals surface area contributed by atoms with Crippen molar-refractivity contribution >= 4 is 5.91 Å². The van der Waals surface area contributed by atoms with Crippen LogP contribution in [0.15, 0.2) is 0 Å². The lowest BCUT2D eigenvalue weighted by Crippen LogP contribution is -2.31. The van der Waals surface area contributed by atoms with Gasteiger partial charge in [-0.2, -0.15) is 5.26 Å². The standard InChI is InChI=1S/C8H13N3O/c9-3-1-2-4-10-7-5-8(12)11-6-7/h7,10H,1-2,4-6H2,(H,11,12). The molecule has 1 aliphatic heterocycles. The maximum absolute atomic E-state index is 10.7. The molecule has 0 aromatic rings. The second kappa shape index (κ2) is 4.73. The van der Waals surface area contributed by atoms with Gasteiger partial charge in [-0.1, -0.05) is 0 Å². The van der Waals surface area contributed by atoms with Crippen LogP contribution in [-0.2, 0) is 4.79 Å². The van der Waals surface area contributed by atoms with Crippen molar-refractivity contribution < 1.29 is 4.79 Å². The summed E-state index contributed by atoms with van der Waals surface area (Å²) in [6, 6.07) is 2.35. The molecule has 12 heavy (non-hydrogen) atoms. The number of carbonyl (C=O) groups excluding carboxylic acids is 1. The van der Waals surface area contributed by atoms with E-state index in [9.17, 15) is 4.79 Å². The first-order valence-corrected chi connectivity index (χ1v) is 4.20. The number of hydrogen-bond donors (Lipinski definition) is 2. The van der Waals surface area contributed by atoms with Gasteiger partial charge in [-0.15, -0.1) is 0 Å². The molecule has 4 heteroatoms. The van der Waals surface area contributed by atoms with Gasteiger partial charge in [0.15, 0.2) is 0 Å². The third-order valence-corrected chi connectivity index (χ3v) is 1.88. The minimum absolute atomic E-state index is 0.118. The Morgan fingerprint density at radius 2 is 2.58 bits per heavy atom. The first kappa shape index (κ1) is 9.01. The van der Waals surface area contributed by atoms with Crippen LogP contribution in [0.3, 0.4) is 0 Å². The number of hydrogen-bond acceptors (Lipinski definition) is 3. The Hall–Kier alpha value is -1.08. The smallest absolute Gasteiger partial charge is 0.221 e. The maximum atomic E-state index is 10.7. The van der Waals surface area contributed by atoms with Crippen LogP contribution >= 0.6 is 0 Å². The first-order chi connectivity index (χ1) is 5.83. The fourth-order valence-electron chi connectivity index (χ4n) is 1.22. The summed E-state index contributed by atoms with van der Waals surface area (Å²) >= 11 is 0. The number of rotatable bonds is 4. The van der Waals surface area contributed by atoms with Crippen molar-refractivity contribution in [2.24, 2.45) is 0 Å². The van der Waals surface area contributed by atoms with Crippen LogP contribution in [0.4, 0.5) is 0 Å². The monoisotopic (exact) mass is 167 g/mol. The molecular formula is C8H13N3O. The van der Waals surface area contributed by atoms with E-state index >= 15 is 0 Å². The van der Waals surface area contributed by atoms with Crippen LogP contribution in [0.1, 0.15) is 19.3 Å². The lowest BCUT2D eigenvalue weighted by atomic mass is 10.2. The fourth-order valence-corrected chi connectivity index (χ4v) is 1.22. The van der Waals surface area contributed by atoms with E-state index in [4.69, 9.17) is 5.26 Å². The van der Waals surface area contributed by atoms with Gasteiger partial charge >= 0.3 is 0 Å². The summed E-state index contributed by atoms with van der Waals surface area (Å²) < 4.78 is 0. The fraction of sp³-hybridized carbons (Fsp3) is 0.750. The molecule has 66 valence electrons. The Bertz CT molecular complexity index is 197. The molecule has 1 fully saturated rings. The third kappa shape index (κ3) is 2.89. The predicted molar refractivity (Wildman–Crippen MR) is 44.3 cm³/mol. The van der Waals surface area contributed by atoms with Crippen molar-refractivity contribution in [1.82, 2.24) is 10.6 Å². The van der Waals surface area contributed by atoms with E-state index in [2.05, 4.69) is 16.7 Å². The van der Waals surface area contributed by atoms with Crippen molar-refractivity contribution in [2.45, 2.75) is 25.3 Å². The summed E-state index contributed by atoms with van der Waals surface area (Å²) in [5.74, 6) is 0.118. The average molecular weight is 167 g/mol. The van der Waals surface area contributed by atoms with Gasteiger partial charge in [0.2, 0.25) is 5.91 Å². The van der Waals surface area contributed by atoms with Crippen molar-refractivity contribution in [1.29, 1.82) is 5.26 Å². The average Bonchev–Trinajstić information content (AvgIpc) is 2.45. The van der Waals surface area contributed by atoms with Crippen LogP contribution in [-0.4, -0.2) is 25.0 Å². The minimum atomic E-state index is 0.118. The highest BCUT2D eigenvalue weighted by molar-refractivity contribution is 5.78. The van der Waals surface area contributed by atoms with Gasteiger partial charge in [-0.3, -0.25) is 4.79 Å². The molecule has 0 saturated carbocycles. The molecule has 0 aromatic carbocycles. The molecule has 0 bridgehead atoms. The van der Waals surface area contributed by atoms with E-state index in [0.29, 0.717) is 12.8 Å². The van der Waals surface area contributed by atoms with E-state index in [1.807, 2.05) is 0 Å². The maximum Gasteiger partial charge on any atom is 0.221 e. The SMILES string of the molecule is N#CCCCNC1CNC(=O)C1. The van der Waals surface area contributed by atoms with Crippen LogP contribution in [0.25, 0.3) is 0 Å². The zero-order valence-corrected chi connectivity index (χ0v) is 6.97. The number of carbonyl (C=O) groups is 1. The Kier molecular flexibility index (Phi) is 3.55. The Morgan fingerprint density at radius 1 is 1.75 bits per heavy atom. The molecule has 0 spiro atoms. The van der Waals surface area contributed by atoms with E-state index in [0.717, 1.165) is 19.5 Å². The highest BCUT2D eigenvalue weighted by Crippen LogP contribution is 1.98. The quantitative estimate of drug-likeness (QED) is 0.568. The first-order valence-electron chi connectivity index (χ1n) is 4.20. The predicted octanol–water partition coefficient (Wildman–Crippen LogP) is -0.232. The molecule has 0 radical (unpaired) electrons. The van der Waals surface area contributed by atoms with Crippen LogP contribution in [0, 0.1) is 11.3 Å². The minimum Gasteiger partial charge on any atom is -0.354 e. The summed E-state index contributed by atoms with van der Waals surface area (Å²) in [6.45, 7) is 1.55. The molecule has 1 atom stereocenters. The zero-order valence-electron chi connectivity index (χ0n) is 6.97. The molecule has 1 saturated heterocycles. The largest absolute Gasteiger partial charge is 0.354 e. The molecule has 1 heterocycles. The Morgan fingerprint density at radius 3 is 3.17 bits per heavy atom. The second-order valence-electron chi connectivity index (χ2n) is 2.92. The molecule has 1 unspecified atom stereocenters. The molecule has 1 amide bonds. The highest BCUT2D eigenvalue weighted by Gasteiger charge is 2.19. The Balaban J connectivity index is 2.01. The summed E-state index contributed by atoms with van der Waals surface area (Å²) in [7, 11) is 0. The molecule has 2 N–H and O–H groups in total. The molecule has 4 nitrogen and oxygen atoms in total. The normalized spacial score (nSPS) is 21.9. The highest BCUT2D eigenvalue weighted by atomic mass is 16.1.